The van der Waals surface area contributed by atoms with Crippen LogP contribution in [0.1, 0.15) is 11.3 Å². The van der Waals surface area contributed by atoms with Crippen molar-refractivity contribution in [2.24, 2.45) is 0 Å². The Hall–Kier alpha value is -2.40. The fraction of sp³-hybridized carbons (Fsp3) is 0.125. The Labute approximate surface area is 127 Å². The van der Waals surface area contributed by atoms with Gasteiger partial charge in [0, 0.05) is 23.3 Å². The fourth-order valence-corrected chi connectivity index (χ4v) is 2.70. The van der Waals surface area contributed by atoms with E-state index in [4.69, 9.17) is 0 Å². The Bertz CT molecular complexity index is 740. The molecule has 0 fully saturated rings. The molecule has 4 nitrogen and oxygen atoms in total. The maximum absolute atomic E-state index is 9.69. The predicted octanol–water partition coefficient (Wildman–Crippen LogP) is 3.83. The number of aromatic nitrogens is 2. The molecule has 0 aliphatic carbocycles. The van der Waals surface area contributed by atoms with E-state index in [0.29, 0.717) is 12.3 Å². The summed E-state index contributed by atoms with van der Waals surface area (Å²) in [6.07, 6.45) is 1.77. The molecule has 0 amide bonds. The molecule has 0 saturated carbocycles. The summed E-state index contributed by atoms with van der Waals surface area (Å²) in [7, 11) is 0. The molecule has 0 bridgehead atoms. The summed E-state index contributed by atoms with van der Waals surface area (Å²) in [6.45, 7) is 2.49. The second-order valence-corrected chi connectivity index (χ2v) is 5.57. The van der Waals surface area contributed by atoms with E-state index >= 15 is 0 Å². The van der Waals surface area contributed by atoms with Gasteiger partial charge in [0.25, 0.3) is 0 Å². The largest absolute Gasteiger partial charge is 0.508 e. The van der Waals surface area contributed by atoms with Gasteiger partial charge in [-0.1, -0.05) is 12.1 Å². The number of aryl methyl sites for hydroxylation is 1. The molecule has 2 heterocycles. The third-order valence-corrected chi connectivity index (χ3v) is 4.03. The normalized spacial score (nSPS) is 10.5. The van der Waals surface area contributed by atoms with Crippen molar-refractivity contribution in [3.63, 3.8) is 0 Å². The molecule has 21 heavy (non-hydrogen) atoms. The minimum absolute atomic E-state index is 0.299. The van der Waals surface area contributed by atoms with Crippen LogP contribution < -0.4 is 5.32 Å². The summed E-state index contributed by atoms with van der Waals surface area (Å²) in [6, 6.07) is 11.4. The van der Waals surface area contributed by atoms with Crippen LogP contribution >= 0.6 is 11.3 Å². The SMILES string of the molecule is Cc1ccc(NCc2csc(-c3ccccn3)n2)cc1O. The smallest absolute Gasteiger partial charge is 0.142 e. The first-order valence-electron chi connectivity index (χ1n) is 6.61. The molecule has 0 atom stereocenters. The van der Waals surface area contributed by atoms with Crippen LogP contribution in [0.2, 0.25) is 0 Å². The molecule has 0 aliphatic heterocycles. The Morgan fingerprint density at radius 2 is 2.14 bits per heavy atom. The van der Waals surface area contributed by atoms with Gasteiger partial charge in [-0.2, -0.15) is 0 Å². The Morgan fingerprint density at radius 3 is 2.90 bits per heavy atom. The van der Waals surface area contributed by atoms with Gasteiger partial charge < -0.3 is 10.4 Å². The van der Waals surface area contributed by atoms with E-state index in [1.165, 1.54) is 0 Å². The summed E-state index contributed by atoms with van der Waals surface area (Å²) in [5.74, 6) is 0.299. The van der Waals surface area contributed by atoms with Crippen molar-refractivity contribution in [3.8, 4) is 16.5 Å². The molecular formula is C16H15N3OS. The minimum Gasteiger partial charge on any atom is -0.508 e. The van der Waals surface area contributed by atoms with Gasteiger partial charge >= 0.3 is 0 Å². The van der Waals surface area contributed by atoms with Crippen molar-refractivity contribution in [2.75, 3.05) is 5.32 Å². The van der Waals surface area contributed by atoms with Gasteiger partial charge in [0.2, 0.25) is 0 Å². The highest BCUT2D eigenvalue weighted by Gasteiger charge is 2.05. The van der Waals surface area contributed by atoms with Crippen LogP contribution in [0, 0.1) is 6.92 Å². The van der Waals surface area contributed by atoms with Crippen molar-refractivity contribution in [2.45, 2.75) is 13.5 Å². The van der Waals surface area contributed by atoms with Crippen molar-refractivity contribution in [3.05, 3.63) is 59.2 Å². The van der Waals surface area contributed by atoms with Crippen LogP contribution in [-0.4, -0.2) is 15.1 Å². The summed E-state index contributed by atoms with van der Waals surface area (Å²) in [5, 5.41) is 15.9. The zero-order valence-electron chi connectivity index (χ0n) is 11.6. The lowest BCUT2D eigenvalue weighted by Crippen LogP contribution is -1.99. The Morgan fingerprint density at radius 1 is 1.24 bits per heavy atom. The topological polar surface area (TPSA) is 58.0 Å². The molecule has 3 rings (SSSR count). The number of hydrogen-bond donors (Lipinski definition) is 2. The molecule has 106 valence electrons. The van der Waals surface area contributed by atoms with Gasteiger partial charge in [0.05, 0.1) is 17.9 Å². The van der Waals surface area contributed by atoms with Crippen LogP contribution in [0.3, 0.4) is 0 Å². The van der Waals surface area contributed by atoms with Gasteiger partial charge in [-0.3, -0.25) is 4.98 Å². The molecule has 0 unspecified atom stereocenters. The first-order valence-corrected chi connectivity index (χ1v) is 7.49. The van der Waals surface area contributed by atoms with Crippen LogP contribution in [-0.2, 0) is 6.54 Å². The number of thiazole rings is 1. The first kappa shape index (κ1) is 13.6. The zero-order valence-corrected chi connectivity index (χ0v) is 12.4. The lowest BCUT2D eigenvalue weighted by molar-refractivity contribution is 0.471. The number of aromatic hydroxyl groups is 1. The number of pyridine rings is 1. The standard InChI is InChI=1S/C16H15N3OS/c1-11-5-6-12(8-15(11)20)18-9-13-10-21-16(19-13)14-4-2-3-7-17-14/h2-8,10,18,20H,9H2,1H3. The van der Waals surface area contributed by atoms with Crippen molar-refractivity contribution >= 4 is 17.0 Å². The highest BCUT2D eigenvalue weighted by atomic mass is 32.1. The van der Waals surface area contributed by atoms with Gasteiger partial charge in [0.15, 0.2) is 0 Å². The van der Waals surface area contributed by atoms with Gasteiger partial charge in [-0.05, 0) is 30.7 Å². The number of nitrogens with one attached hydrogen (secondary N) is 1. The summed E-state index contributed by atoms with van der Waals surface area (Å²) in [4.78, 5) is 8.86. The Balaban J connectivity index is 1.69. The van der Waals surface area contributed by atoms with Gasteiger partial charge in [0.1, 0.15) is 10.8 Å². The zero-order chi connectivity index (χ0) is 14.7. The molecule has 0 aliphatic rings. The van der Waals surface area contributed by atoms with Crippen LogP contribution in [0.25, 0.3) is 10.7 Å². The molecule has 5 heteroatoms. The maximum Gasteiger partial charge on any atom is 0.142 e. The third-order valence-electron chi connectivity index (χ3n) is 3.12. The monoisotopic (exact) mass is 297 g/mol. The molecule has 1 aromatic carbocycles. The number of anilines is 1. The number of benzene rings is 1. The van der Waals surface area contributed by atoms with Crippen molar-refractivity contribution < 1.29 is 5.11 Å². The lowest BCUT2D eigenvalue weighted by atomic mass is 10.2. The quantitative estimate of drug-likeness (QED) is 0.768. The van der Waals surface area contributed by atoms with Crippen molar-refractivity contribution in [1.82, 2.24) is 9.97 Å². The molecule has 3 aromatic rings. The third kappa shape index (κ3) is 3.20. The van der Waals surface area contributed by atoms with Gasteiger partial charge in [-0.15, -0.1) is 11.3 Å². The molecule has 0 radical (unpaired) electrons. The van der Waals surface area contributed by atoms with Gasteiger partial charge in [-0.25, -0.2) is 4.98 Å². The predicted molar refractivity (Wildman–Crippen MR) is 85.5 cm³/mol. The molecule has 2 N–H and O–H groups in total. The number of nitrogens with zero attached hydrogens (tertiary/aromatic N) is 2. The second-order valence-electron chi connectivity index (χ2n) is 4.71. The highest BCUT2D eigenvalue weighted by Crippen LogP contribution is 2.23. The van der Waals surface area contributed by atoms with E-state index in [9.17, 15) is 5.11 Å². The van der Waals surface area contributed by atoms with E-state index in [0.717, 1.165) is 27.6 Å². The van der Waals surface area contributed by atoms with E-state index in [2.05, 4.69) is 15.3 Å². The molecule has 2 aromatic heterocycles. The highest BCUT2D eigenvalue weighted by molar-refractivity contribution is 7.13. The van der Waals surface area contributed by atoms with E-state index < -0.39 is 0 Å². The van der Waals surface area contributed by atoms with E-state index in [1.54, 1.807) is 23.6 Å². The van der Waals surface area contributed by atoms with Crippen LogP contribution in [0.4, 0.5) is 5.69 Å². The van der Waals surface area contributed by atoms with E-state index in [-0.39, 0.29) is 0 Å². The van der Waals surface area contributed by atoms with Crippen molar-refractivity contribution in [1.29, 1.82) is 0 Å². The second kappa shape index (κ2) is 5.93. The Kier molecular flexibility index (Phi) is 3.83. The number of hydrogen-bond acceptors (Lipinski definition) is 5. The number of rotatable bonds is 4. The summed E-state index contributed by atoms with van der Waals surface area (Å²) in [5.41, 5.74) is 3.60. The number of phenolic OH excluding ortho intramolecular Hbond substituents is 1. The maximum atomic E-state index is 9.69. The van der Waals surface area contributed by atoms with Crippen LogP contribution in [0.15, 0.2) is 48.0 Å². The summed E-state index contributed by atoms with van der Waals surface area (Å²) < 4.78 is 0. The fourth-order valence-electron chi connectivity index (χ4n) is 1.91. The van der Waals surface area contributed by atoms with E-state index in [1.807, 2.05) is 42.6 Å². The van der Waals surface area contributed by atoms with Crippen LogP contribution in [0.5, 0.6) is 5.75 Å². The molecule has 0 spiro atoms. The lowest BCUT2D eigenvalue weighted by Gasteiger charge is -2.06. The first-order chi connectivity index (χ1) is 10.2. The minimum atomic E-state index is 0.299. The number of phenols is 1. The average molecular weight is 297 g/mol. The average Bonchev–Trinajstić information content (AvgIpc) is 2.98. The molecular weight excluding hydrogens is 282 g/mol. The summed E-state index contributed by atoms with van der Waals surface area (Å²) >= 11 is 1.58. The molecule has 0 saturated heterocycles.